The summed E-state index contributed by atoms with van der Waals surface area (Å²) in [5.41, 5.74) is 2.83. The number of anilines is 1. The molecule has 8 nitrogen and oxygen atoms in total. The molecule has 2 aliphatic heterocycles. The van der Waals surface area contributed by atoms with Gasteiger partial charge in [0.05, 0.1) is 42.8 Å². The Morgan fingerprint density at radius 2 is 1.76 bits per heavy atom. The number of aromatic nitrogens is 1. The van der Waals surface area contributed by atoms with Gasteiger partial charge in [0.2, 0.25) is 0 Å². The van der Waals surface area contributed by atoms with Gasteiger partial charge in [-0.25, -0.2) is 9.79 Å². The van der Waals surface area contributed by atoms with Crippen LogP contribution in [0.2, 0.25) is 0 Å². The van der Waals surface area contributed by atoms with Gasteiger partial charge in [0.15, 0.2) is 4.80 Å². The van der Waals surface area contributed by atoms with Crippen molar-refractivity contribution in [3.8, 4) is 5.75 Å². The molecule has 0 bridgehead atoms. The lowest BCUT2D eigenvalue weighted by molar-refractivity contribution is -0.136. The summed E-state index contributed by atoms with van der Waals surface area (Å²) in [4.78, 5) is 46.3. The molecular formula is C25H21N3O5S. The second-order valence-corrected chi connectivity index (χ2v) is 8.90. The van der Waals surface area contributed by atoms with Crippen LogP contribution in [0.15, 0.2) is 69.6 Å². The van der Waals surface area contributed by atoms with Crippen LogP contribution in [0, 0.1) is 0 Å². The number of para-hydroxylation sites is 1. The van der Waals surface area contributed by atoms with Crippen LogP contribution in [0.3, 0.4) is 0 Å². The Labute approximate surface area is 198 Å². The van der Waals surface area contributed by atoms with Crippen LogP contribution in [0.5, 0.6) is 5.75 Å². The zero-order chi connectivity index (χ0) is 24.1. The van der Waals surface area contributed by atoms with Crippen LogP contribution >= 0.6 is 11.3 Å². The van der Waals surface area contributed by atoms with E-state index in [-0.39, 0.29) is 21.6 Å². The minimum absolute atomic E-state index is 0.253. The van der Waals surface area contributed by atoms with Crippen molar-refractivity contribution in [1.29, 1.82) is 0 Å². The van der Waals surface area contributed by atoms with Crippen molar-refractivity contribution in [1.82, 2.24) is 4.57 Å². The first-order valence-corrected chi connectivity index (χ1v) is 11.3. The number of benzene rings is 2. The van der Waals surface area contributed by atoms with E-state index in [0.717, 1.165) is 17.0 Å². The average Bonchev–Trinajstić information content (AvgIpc) is 3.30. The second kappa shape index (κ2) is 8.11. The van der Waals surface area contributed by atoms with Crippen molar-refractivity contribution in [3.63, 3.8) is 0 Å². The SMILES string of the molecule is COC(=O)C1=C(C)N=c2s/c(=C3\C(=O)N(C)c4ccccc43)c(=O)n2C1c1ccc(OC)cc1. The number of hydrogen-bond acceptors (Lipinski definition) is 7. The van der Waals surface area contributed by atoms with Gasteiger partial charge in [0, 0.05) is 12.6 Å². The van der Waals surface area contributed by atoms with Crippen molar-refractivity contribution >= 4 is 34.5 Å². The first kappa shape index (κ1) is 21.8. The lowest BCUT2D eigenvalue weighted by Crippen LogP contribution is -2.40. The molecule has 0 N–H and O–H groups in total. The van der Waals surface area contributed by atoms with E-state index >= 15 is 0 Å². The van der Waals surface area contributed by atoms with Crippen molar-refractivity contribution in [2.45, 2.75) is 13.0 Å². The van der Waals surface area contributed by atoms with Crippen molar-refractivity contribution in [2.24, 2.45) is 4.99 Å². The molecule has 1 amide bonds. The number of nitrogens with zero attached hydrogens (tertiary/aromatic N) is 3. The molecule has 9 heteroatoms. The quantitative estimate of drug-likeness (QED) is 0.539. The number of hydrogen-bond donors (Lipinski definition) is 0. The molecule has 172 valence electrons. The average molecular weight is 476 g/mol. The minimum Gasteiger partial charge on any atom is -0.497 e. The van der Waals surface area contributed by atoms with Gasteiger partial charge < -0.3 is 14.4 Å². The van der Waals surface area contributed by atoms with Crippen LogP contribution in [0.4, 0.5) is 5.69 Å². The van der Waals surface area contributed by atoms with Gasteiger partial charge in [-0.2, -0.15) is 0 Å². The molecule has 0 spiro atoms. The van der Waals surface area contributed by atoms with Crippen LogP contribution in [-0.4, -0.2) is 37.7 Å². The van der Waals surface area contributed by atoms with Crippen LogP contribution in [0.25, 0.3) is 5.57 Å². The summed E-state index contributed by atoms with van der Waals surface area (Å²) in [6, 6.07) is 13.7. The van der Waals surface area contributed by atoms with Gasteiger partial charge in [-0.1, -0.05) is 41.7 Å². The summed E-state index contributed by atoms with van der Waals surface area (Å²) in [7, 11) is 4.55. The zero-order valence-electron chi connectivity index (χ0n) is 19.0. The highest BCUT2D eigenvalue weighted by Gasteiger charge is 2.36. The van der Waals surface area contributed by atoms with Gasteiger partial charge in [-0.3, -0.25) is 14.2 Å². The number of allylic oxidation sites excluding steroid dienone is 1. The smallest absolute Gasteiger partial charge is 0.338 e. The van der Waals surface area contributed by atoms with E-state index in [1.54, 1.807) is 45.3 Å². The normalized spacial score (nSPS) is 18.4. The number of carbonyl (C=O) groups is 2. The number of carbonyl (C=O) groups excluding carboxylic acids is 2. The maximum absolute atomic E-state index is 13.9. The maximum Gasteiger partial charge on any atom is 0.338 e. The van der Waals surface area contributed by atoms with Crippen molar-refractivity contribution in [3.05, 3.63) is 90.6 Å². The van der Waals surface area contributed by atoms with Crippen molar-refractivity contribution < 1.29 is 19.1 Å². The van der Waals surface area contributed by atoms with E-state index in [1.807, 2.05) is 24.3 Å². The van der Waals surface area contributed by atoms with Crippen molar-refractivity contribution in [2.75, 3.05) is 26.2 Å². The number of methoxy groups -OCH3 is 2. The van der Waals surface area contributed by atoms with E-state index in [9.17, 15) is 14.4 Å². The molecule has 5 rings (SSSR count). The van der Waals surface area contributed by atoms with E-state index < -0.39 is 12.0 Å². The summed E-state index contributed by atoms with van der Waals surface area (Å²) >= 11 is 1.15. The number of esters is 1. The number of amides is 1. The topological polar surface area (TPSA) is 90.2 Å². The number of ether oxygens (including phenoxy) is 2. The highest BCUT2D eigenvalue weighted by atomic mass is 32.1. The number of likely N-dealkylation sites (N-methyl/N-ethyl adjacent to an activating group) is 1. The lowest BCUT2D eigenvalue weighted by Gasteiger charge is -2.24. The minimum atomic E-state index is -0.756. The highest BCUT2D eigenvalue weighted by Crippen LogP contribution is 2.34. The molecule has 2 aromatic carbocycles. The molecule has 0 saturated heterocycles. The molecule has 2 aliphatic rings. The predicted octanol–water partition coefficient (Wildman–Crippen LogP) is 1.76. The largest absolute Gasteiger partial charge is 0.497 e. The summed E-state index contributed by atoms with van der Waals surface area (Å²) < 4.78 is 12.1. The molecule has 0 aliphatic carbocycles. The Morgan fingerprint density at radius 1 is 1.06 bits per heavy atom. The fourth-order valence-corrected chi connectivity index (χ4v) is 5.57. The lowest BCUT2D eigenvalue weighted by atomic mass is 9.96. The van der Waals surface area contributed by atoms with Crippen LogP contribution in [-0.2, 0) is 14.3 Å². The Hall–Kier alpha value is -3.98. The molecule has 0 saturated carbocycles. The number of fused-ring (bicyclic) bond motifs is 2. The number of thiazole rings is 1. The van der Waals surface area contributed by atoms with Gasteiger partial charge in [-0.05, 0) is 30.7 Å². The molecule has 0 radical (unpaired) electrons. The molecule has 1 unspecified atom stereocenters. The monoisotopic (exact) mass is 475 g/mol. The molecule has 1 aromatic heterocycles. The Kier molecular flexibility index (Phi) is 5.21. The number of rotatable bonds is 3. The first-order chi connectivity index (χ1) is 16.4. The standard InChI is InChI=1S/C25H21N3O5S/c1-13-18(24(31)33-4)20(14-9-11-15(32-3)12-10-14)28-23(30)21(34-25(28)26-13)19-16-7-5-6-8-17(16)27(2)22(19)29/h5-12,20H,1-4H3/b21-19-. The van der Waals surface area contributed by atoms with Gasteiger partial charge in [0.1, 0.15) is 10.3 Å². The summed E-state index contributed by atoms with van der Waals surface area (Å²) in [6.07, 6.45) is 0. The second-order valence-electron chi connectivity index (χ2n) is 7.92. The Morgan fingerprint density at radius 3 is 2.44 bits per heavy atom. The van der Waals surface area contributed by atoms with Gasteiger partial charge in [-0.15, -0.1) is 0 Å². The third-order valence-corrected chi connectivity index (χ3v) is 7.17. The Balaban J connectivity index is 1.83. The highest BCUT2D eigenvalue weighted by molar-refractivity contribution is 7.07. The van der Waals surface area contributed by atoms with E-state index in [1.165, 1.54) is 16.6 Å². The van der Waals surface area contributed by atoms with Crippen LogP contribution < -0.4 is 24.5 Å². The summed E-state index contributed by atoms with van der Waals surface area (Å²) in [6.45, 7) is 1.72. The van der Waals surface area contributed by atoms with Crippen LogP contribution in [0.1, 0.15) is 24.1 Å². The van der Waals surface area contributed by atoms with Gasteiger partial charge >= 0.3 is 5.97 Å². The van der Waals surface area contributed by atoms with E-state index in [4.69, 9.17) is 9.47 Å². The third-order valence-electron chi connectivity index (χ3n) is 6.11. The molecule has 0 fully saturated rings. The van der Waals surface area contributed by atoms with E-state index in [2.05, 4.69) is 4.99 Å². The maximum atomic E-state index is 13.9. The molecular weight excluding hydrogens is 454 g/mol. The molecule has 34 heavy (non-hydrogen) atoms. The fraction of sp³-hybridized carbons (Fsp3) is 0.200. The summed E-state index contributed by atoms with van der Waals surface area (Å²) in [5.74, 6) is -0.173. The third kappa shape index (κ3) is 3.12. The predicted molar refractivity (Wildman–Crippen MR) is 128 cm³/mol. The van der Waals surface area contributed by atoms with Gasteiger partial charge in [0.25, 0.3) is 11.5 Å². The first-order valence-electron chi connectivity index (χ1n) is 10.5. The fourth-order valence-electron chi connectivity index (χ4n) is 4.43. The zero-order valence-corrected chi connectivity index (χ0v) is 19.8. The molecule has 1 atom stereocenters. The Bertz CT molecular complexity index is 1560. The summed E-state index contributed by atoms with van der Waals surface area (Å²) in [5, 5.41) is 0. The molecule has 3 aromatic rings. The van der Waals surface area contributed by atoms with E-state index in [0.29, 0.717) is 32.9 Å². The molecule has 3 heterocycles.